The highest BCUT2D eigenvalue weighted by atomic mass is 16.1. The SMILES string of the molecule is NC(=O)C1NNC2CCC(Nc3ccnc(C4CC4)n3)CC21. The minimum absolute atomic E-state index is 0.244. The Morgan fingerprint density at radius 2 is 2.14 bits per heavy atom. The molecule has 2 saturated carbocycles. The molecule has 1 aliphatic heterocycles. The summed E-state index contributed by atoms with van der Waals surface area (Å²) in [6.07, 6.45) is 7.24. The standard InChI is InChI=1S/C15H22N6O/c16-14(22)13-10-7-9(3-4-11(10)20-21-13)18-12-5-6-17-15(19-12)8-1-2-8/h5-6,8-11,13,20-21H,1-4,7H2,(H2,16,22)(H,17,18,19). The summed E-state index contributed by atoms with van der Waals surface area (Å²) in [5.74, 6) is 2.37. The summed E-state index contributed by atoms with van der Waals surface area (Å²) in [5.41, 5.74) is 11.7. The van der Waals surface area contributed by atoms with Gasteiger partial charge in [-0.15, -0.1) is 0 Å². The first-order chi connectivity index (χ1) is 10.7. The zero-order chi connectivity index (χ0) is 15.1. The molecular weight excluding hydrogens is 280 g/mol. The molecule has 0 aromatic carbocycles. The molecule has 1 amide bonds. The Kier molecular flexibility index (Phi) is 3.46. The number of primary amides is 1. The lowest BCUT2D eigenvalue weighted by molar-refractivity contribution is -0.120. The Morgan fingerprint density at radius 1 is 1.27 bits per heavy atom. The minimum atomic E-state index is -0.279. The fourth-order valence-electron chi connectivity index (χ4n) is 3.67. The summed E-state index contributed by atoms with van der Waals surface area (Å²) in [4.78, 5) is 20.5. The van der Waals surface area contributed by atoms with Gasteiger partial charge in [0.15, 0.2) is 0 Å². The molecular formula is C15H22N6O. The quantitative estimate of drug-likeness (QED) is 0.636. The van der Waals surface area contributed by atoms with E-state index >= 15 is 0 Å². The smallest absolute Gasteiger partial charge is 0.236 e. The van der Waals surface area contributed by atoms with Crippen molar-refractivity contribution in [3.05, 3.63) is 18.1 Å². The molecule has 0 radical (unpaired) electrons. The van der Waals surface area contributed by atoms with Crippen molar-refractivity contribution in [1.82, 2.24) is 20.8 Å². The summed E-state index contributed by atoms with van der Waals surface area (Å²) in [6.45, 7) is 0. The number of carbonyl (C=O) groups is 1. The van der Waals surface area contributed by atoms with Crippen LogP contribution in [0.2, 0.25) is 0 Å². The Labute approximate surface area is 129 Å². The number of aromatic nitrogens is 2. The van der Waals surface area contributed by atoms with Crippen molar-refractivity contribution in [2.24, 2.45) is 11.7 Å². The van der Waals surface area contributed by atoms with Crippen molar-refractivity contribution in [2.75, 3.05) is 5.32 Å². The van der Waals surface area contributed by atoms with E-state index in [-0.39, 0.29) is 17.9 Å². The maximum absolute atomic E-state index is 11.5. The highest BCUT2D eigenvalue weighted by molar-refractivity contribution is 5.80. The van der Waals surface area contributed by atoms with Crippen LogP contribution in [0.3, 0.4) is 0 Å². The van der Waals surface area contributed by atoms with E-state index in [4.69, 9.17) is 5.73 Å². The third kappa shape index (κ3) is 2.66. The molecule has 4 atom stereocenters. The van der Waals surface area contributed by atoms with E-state index in [0.29, 0.717) is 18.0 Å². The van der Waals surface area contributed by atoms with Gasteiger partial charge in [0, 0.05) is 30.1 Å². The number of nitrogens with two attached hydrogens (primary N) is 1. The molecule has 3 fully saturated rings. The van der Waals surface area contributed by atoms with Crippen LogP contribution in [0.25, 0.3) is 0 Å². The van der Waals surface area contributed by atoms with E-state index in [1.807, 2.05) is 12.3 Å². The van der Waals surface area contributed by atoms with Gasteiger partial charge in [-0.25, -0.2) is 15.4 Å². The van der Waals surface area contributed by atoms with Crippen molar-refractivity contribution in [2.45, 2.75) is 56.1 Å². The number of nitrogens with zero attached hydrogens (tertiary/aromatic N) is 2. The highest BCUT2D eigenvalue weighted by Gasteiger charge is 2.42. The first-order valence-corrected chi connectivity index (χ1v) is 8.10. The van der Waals surface area contributed by atoms with Crippen LogP contribution < -0.4 is 21.9 Å². The van der Waals surface area contributed by atoms with E-state index in [0.717, 1.165) is 30.9 Å². The lowest BCUT2D eigenvalue weighted by atomic mass is 9.79. The minimum Gasteiger partial charge on any atom is -0.368 e. The lowest BCUT2D eigenvalue weighted by Crippen LogP contribution is -2.44. The van der Waals surface area contributed by atoms with Crippen molar-refractivity contribution in [1.29, 1.82) is 0 Å². The molecule has 4 unspecified atom stereocenters. The molecule has 2 heterocycles. The van der Waals surface area contributed by atoms with Gasteiger partial charge in [-0.05, 0) is 38.2 Å². The van der Waals surface area contributed by atoms with Gasteiger partial charge in [-0.3, -0.25) is 10.2 Å². The number of hydrogen-bond acceptors (Lipinski definition) is 6. The van der Waals surface area contributed by atoms with Gasteiger partial charge in [-0.2, -0.15) is 0 Å². The normalized spacial score (nSPS) is 34.2. The average Bonchev–Trinajstić information content (AvgIpc) is 3.27. The van der Waals surface area contributed by atoms with Crippen LogP contribution in [-0.4, -0.2) is 34.0 Å². The summed E-state index contributed by atoms with van der Waals surface area (Å²) in [7, 11) is 0. The molecule has 1 saturated heterocycles. The van der Waals surface area contributed by atoms with Gasteiger partial charge in [0.05, 0.1) is 0 Å². The molecule has 2 aliphatic carbocycles. The first kappa shape index (κ1) is 13.9. The van der Waals surface area contributed by atoms with Gasteiger partial charge in [0.25, 0.3) is 0 Å². The number of anilines is 1. The molecule has 1 aromatic rings. The monoisotopic (exact) mass is 302 g/mol. The predicted molar refractivity (Wildman–Crippen MR) is 81.8 cm³/mol. The largest absolute Gasteiger partial charge is 0.368 e. The van der Waals surface area contributed by atoms with Gasteiger partial charge >= 0.3 is 0 Å². The van der Waals surface area contributed by atoms with Crippen LogP contribution in [0.4, 0.5) is 5.82 Å². The lowest BCUT2D eigenvalue weighted by Gasteiger charge is -2.33. The number of nitrogens with one attached hydrogen (secondary N) is 3. The molecule has 4 rings (SSSR count). The molecule has 118 valence electrons. The topological polar surface area (TPSA) is 105 Å². The van der Waals surface area contributed by atoms with Crippen molar-refractivity contribution in [3.63, 3.8) is 0 Å². The molecule has 1 aromatic heterocycles. The number of rotatable bonds is 4. The van der Waals surface area contributed by atoms with E-state index in [1.54, 1.807) is 0 Å². The number of carbonyl (C=O) groups excluding carboxylic acids is 1. The van der Waals surface area contributed by atoms with Crippen LogP contribution in [0.1, 0.15) is 43.8 Å². The van der Waals surface area contributed by atoms with Crippen LogP contribution in [-0.2, 0) is 4.79 Å². The van der Waals surface area contributed by atoms with E-state index in [2.05, 4.69) is 26.1 Å². The maximum Gasteiger partial charge on any atom is 0.236 e. The Bertz CT molecular complexity index is 575. The van der Waals surface area contributed by atoms with Gasteiger partial charge in [0.1, 0.15) is 17.7 Å². The third-order valence-corrected chi connectivity index (χ3v) is 5.03. The van der Waals surface area contributed by atoms with E-state index in [1.165, 1.54) is 12.8 Å². The second-order valence-corrected chi connectivity index (χ2v) is 6.67. The van der Waals surface area contributed by atoms with Gasteiger partial charge < -0.3 is 11.1 Å². The van der Waals surface area contributed by atoms with Crippen molar-refractivity contribution < 1.29 is 4.79 Å². The second-order valence-electron chi connectivity index (χ2n) is 6.67. The van der Waals surface area contributed by atoms with E-state index in [9.17, 15) is 4.79 Å². The number of hydrogen-bond donors (Lipinski definition) is 4. The van der Waals surface area contributed by atoms with Crippen LogP contribution in [0.15, 0.2) is 12.3 Å². The Hall–Kier alpha value is -1.73. The Morgan fingerprint density at radius 3 is 2.91 bits per heavy atom. The average molecular weight is 302 g/mol. The molecule has 0 bridgehead atoms. The van der Waals surface area contributed by atoms with Crippen LogP contribution >= 0.6 is 0 Å². The summed E-state index contributed by atoms with van der Waals surface area (Å²) < 4.78 is 0. The molecule has 3 aliphatic rings. The van der Waals surface area contributed by atoms with Gasteiger partial charge in [0.2, 0.25) is 5.91 Å². The molecule has 7 heteroatoms. The highest BCUT2D eigenvalue weighted by Crippen LogP contribution is 2.38. The number of fused-ring (bicyclic) bond motifs is 1. The van der Waals surface area contributed by atoms with Crippen molar-refractivity contribution >= 4 is 11.7 Å². The fraction of sp³-hybridized carbons (Fsp3) is 0.667. The Balaban J connectivity index is 1.43. The number of hydrazine groups is 1. The predicted octanol–water partition coefficient (Wildman–Crippen LogP) is 0.265. The summed E-state index contributed by atoms with van der Waals surface area (Å²) in [5, 5.41) is 3.52. The second kappa shape index (κ2) is 5.48. The third-order valence-electron chi connectivity index (χ3n) is 5.03. The van der Waals surface area contributed by atoms with Crippen LogP contribution in [0.5, 0.6) is 0 Å². The van der Waals surface area contributed by atoms with E-state index < -0.39 is 0 Å². The first-order valence-electron chi connectivity index (χ1n) is 8.10. The fourth-order valence-corrected chi connectivity index (χ4v) is 3.67. The summed E-state index contributed by atoms with van der Waals surface area (Å²) in [6, 6.07) is 2.31. The molecule has 5 N–H and O–H groups in total. The maximum atomic E-state index is 11.5. The molecule has 0 spiro atoms. The molecule has 7 nitrogen and oxygen atoms in total. The molecule has 22 heavy (non-hydrogen) atoms. The van der Waals surface area contributed by atoms with Crippen molar-refractivity contribution in [3.8, 4) is 0 Å². The zero-order valence-corrected chi connectivity index (χ0v) is 12.5. The summed E-state index contributed by atoms with van der Waals surface area (Å²) >= 11 is 0. The van der Waals surface area contributed by atoms with Crippen LogP contribution in [0, 0.1) is 5.92 Å². The number of amides is 1. The van der Waals surface area contributed by atoms with Gasteiger partial charge in [-0.1, -0.05) is 0 Å². The zero-order valence-electron chi connectivity index (χ0n) is 12.5.